The Morgan fingerprint density at radius 1 is 0.714 bits per heavy atom. The van der Waals surface area contributed by atoms with Crippen molar-refractivity contribution in [3.8, 4) is 11.4 Å². The Morgan fingerprint density at radius 2 is 1.39 bits per heavy atom. The first-order valence-electron chi connectivity index (χ1n) is 9.96. The van der Waals surface area contributed by atoms with Crippen molar-refractivity contribution in [2.45, 2.75) is 13.0 Å². The molecule has 0 saturated carbocycles. The molecule has 0 amide bonds. The summed E-state index contributed by atoms with van der Waals surface area (Å²) in [6.45, 7) is 5.10. The lowest BCUT2D eigenvalue weighted by Crippen LogP contribution is -2.37. The number of morpholine rings is 1. The molecule has 2 aromatic carbocycles. The highest BCUT2D eigenvalue weighted by molar-refractivity contribution is 5.63. The molecule has 0 aliphatic carbocycles. The van der Waals surface area contributed by atoms with Gasteiger partial charge in [-0.15, -0.1) is 0 Å². The van der Waals surface area contributed by atoms with Crippen LogP contribution in [0.4, 0.5) is 11.6 Å². The van der Waals surface area contributed by atoms with Crippen molar-refractivity contribution in [1.82, 2.24) is 9.97 Å². The van der Waals surface area contributed by atoms with Crippen molar-refractivity contribution in [3.63, 3.8) is 0 Å². The van der Waals surface area contributed by atoms with Crippen LogP contribution in [0.5, 0.6) is 0 Å². The molecule has 0 unspecified atom stereocenters. The molecule has 2 aliphatic heterocycles. The summed E-state index contributed by atoms with van der Waals surface area (Å²) in [5.74, 6) is 2.79. The van der Waals surface area contributed by atoms with E-state index in [2.05, 4.69) is 52.3 Å². The molecule has 0 N–H and O–H groups in total. The maximum absolute atomic E-state index is 5.53. The lowest BCUT2D eigenvalue weighted by atomic mass is 10.00. The van der Waals surface area contributed by atoms with Gasteiger partial charge < -0.3 is 14.5 Å². The van der Waals surface area contributed by atoms with Gasteiger partial charge in [-0.2, -0.15) is 0 Å². The fourth-order valence-electron chi connectivity index (χ4n) is 3.95. The summed E-state index contributed by atoms with van der Waals surface area (Å²) in [5.41, 5.74) is 3.89. The zero-order chi connectivity index (χ0) is 18.8. The second-order valence-corrected chi connectivity index (χ2v) is 7.31. The van der Waals surface area contributed by atoms with Gasteiger partial charge in [0, 0.05) is 37.8 Å². The van der Waals surface area contributed by atoms with Crippen molar-refractivity contribution < 1.29 is 4.74 Å². The molecule has 5 heteroatoms. The molecule has 1 aromatic heterocycles. The van der Waals surface area contributed by atoms with Crippen molar-refractivity contribution in [1.29, 1.82) is 0 Å². The molecule has 0 radical (unpaired) electrons. The number of fused-ring (bicyclic) bond motifs is 1. The summed E-state index contributed by atoms with van der Waals surface area (Å²) in [6.07, 6.45) is 1.05. The molecular weight excluding hydrogens is 348 g/mol. The Labute approximate surface area is 165 Å². The average molecular weight is 372 g/mol. The van der Waals surface area contributed by atoms with Gasteiger partial charge >= 0.3 is 0 Å². The molecule has 0 atom stereocenters. The van der Waals surface area contributed by atoms with Gasteiger partial charge in [-0.1, -0.05) is 54.6 Å². The van der Waals surface area contributed by atoms with Crippen LogP contribution >= 0.6 is 0 Å². The predicted octanol–water partition coefficient (Wildman–Crippen LogP) is 3.54. The van der Waals surface area contributed by atoms with Crippen LogP contribution in [0.15, 0.2) is 60.7 Å². The molecule has 0 bridgehead atoms. The molecule has 0 spiro atoms. The molecular formula is C23H24N4O. The van der Waals surface area contributed by atoms with E-state index >= 15 is 0 Å². The number of benzene rings is 2. The van der Waals surface area contributed by atoms with Crippen LogP contribution in [0.1, 0.15) is 11.1 Å². The number of aromatic nitrogens is 2. The van der Waals surface area contributed by atoms with Crippen molar-refractivity contribution in [3.05, 3.63) is 71.8 Å². The molecule has 3 aromatic rings. The van der Waals surface area contributed by atoms with E-state index in [1.54, 1.807) is 0 Å². The molecule has 3 heterocycles. The summed E-state index contributed by atoms with van der Waals surface area (Å²) in [6, 6.07) is 21.1. The Kier molecular flexibility index (Phi) is 4.67. The van der Waals surface area contributed by atoms with Crippen molar-refractivity contribution in [2.75, 3.05) is 42.6 Å². The molecule has 5 nitrogen and oxygen atoms in total. The van der Waals surface area contributed by atoms with Crippen LogP contribution in [0.3, 0.4) is 0 Å². The lowest BCUT2D eigenvalue weighted by Gasteiger charge is -2.32. The number of hydrogen-bond acceptors (Lipinski definition) is 5. The summed E-state index contributed by atoms with van der Waals surface area (Å²) < 4.78 is 5.53. The Bertz CT molecular complexity index is 954. The first-order chi connectivity index (χ1) is 13.9. The van der Waals surface area contributed by atoms with Crippen LogP contribution < -0.4 is 9.80 Å². The fraction of sp³-hybridized carbons (Fsp3) is 0.304. The van der Waals surface area contributed by atoms with Crippen molar-refractivity contribution >= 4 is 11.6 Å². The quantitative estimate of drug-likeness (QED) is 0.703. The van der Waals surface area contributed by atoms with Crippen LogP contribution in [-0.4, -0.2) is 42.8 Å². The summed E-state index contributed by atoms with van der Waals surface area (Å²) in [7, 11) is 0. The van der Waals surface area contributed by atoms with Gasteiger partial charge in [0.1, 0.15) is 11.6 Å². The van der Waals surface area contributed by atoms with Gasteiger partial charge in [-0.25, -0.2) is 9.97 Å². The highest BCUT2D eigenvalue weighted by Crippen LogP contribution is 2.28. The number of rotatable bonds is 3. The third-order valence-electron chi connectivity index (χ3n) is 5.52. The molecule has 2 aliphatic rings. The van der Waals surface area contributed by atoms with E-state index in [9.17, 15) is 0 Å². The lowest BCUT2D eigenvalue weighted by molar-refractivity contribution is 0.122. The third kappa shape index (κ3) is 3.45. The first kappa shape index (κ1) is 17.2. The van der Waals surface area contributed by atoms with E-state index in [0.29, 0.717) is 0 Å². The number of nitrogens with zero attached hydrogens (tertiary/aromatic N) is 4. The largest absolute Gasteiger partial charge is 0.378 e. The number of hydrogen-bond donors (Lipinski definition) is 0. The smallest absolute Gasteiger partial charge is 0.163 e. The van der Waals surface area contributed by atoms with Crippen LogP contribution in [-0.2, 0) is 17.7 Å². The minimum Gasteiger partial charge on any atom is -0.378 e. The van der Waals surface area contributed by atoms with E-state index in [-0.39, 0.29) is 0 Å². The third-order valence-corrected chi connectivity index (χ3v) is 5.52. The molecule has 1 saturated heterocycles. The minimum atomic E-state index is 0.747. The van der Waals surface area contributed by atoms with Gasteiger partial charge in [-0.05, 0) is 17.5 Å². The monoisotopic (exact) mass is 372 g/mol. The van der Waals surface area contributed by atoms with Crippen LogP contribution in [0, 0.1) is 0 Å². The van der Waals surface area contributed by atoms with E-state index < -0.39 is 0 Å². The summed E-state index contributed by atoms with van der Waals surface area (Å²) in [5, 5.41) is 0. The van der Waals surface area contributed by atoms with E-state index in [1.165, 1.54) is 11.1 Å². The number of anilines is 2. The predicted molar refractivity (Wildman–Crippen MR) is 112 cm³/mol. The average Bonchev–Trinajstić information content (AvgIpc) is 2.79. The second kappa shape index (κ2) is 7.60. The van der Waals surface area contributed by atoms with Crippen LogP contribution in [0.2, 0.25) is 0 Å². The SMILES string of the molecule is c1ccc(-c2nc(N3CCOCC3)cc(N3CCc4ccccc4C3)n2)cc1. The second-order valence-electron chi connectivity index (χ2n) is 7.31. The van der Waals surface area contributed by atoms with Gasteiger partial charge in [0.15, 0.2) is 5.82 Å². The Morgan fingerprint density at radius 3 is 2.18 bits per heavy atom. The summed E-state index contributed by atoms with van der Waals surface area (Å²) in [4.78, 5) is 14.5. The molecule has 1 fully saturated rings. The maximum Gasteiger partial charge on any atom is 0.163 e. The zero-order valence-electron chi connectivity index (χ0n) is 15.9. The Balaban J connectivity index is 1.53. The van der Waals surface area contributed by atoms with Crippen LogP contribution in [0.25, 0.3) is 11.4 Å². The first-order valence-corrected chi connectivity index (χ1v) is 9.96. The standard InChI is InChI=1S/C23H24N4O/c1-2-7-19(8-3-1)23-24-21(26-12-14-28-15-13-26)16-22(25-23)27-11-10-18-6-4-5-9-20(18)17-27/h1-9,16H,10-15,17H2. The van der Waals surface area contributed by atoms with Gasteiger partial charge in [0.25, 0.3) is 0 Å². The van der Waals surface area contributed by atoms with E-state index in [4.69, 9.17) is 14.7 Å². The highest BCUT2D eigenvalue weighted by Gasteiger charge is 2.21. The minimum absolute atomic E-state index is 0.747. The maximum atomic E-state index is 5.53. The van der Waals surface area contributed by atoms with E-state index in [1.807, 2.05) is 18.2 Å². The zero-order valence-corrected chi connectivity index (χ0v) is 15.9. The van der Waals surface area contributed by atoms with Gasteiger partial charge in [0.2, 0.25) is 0 Å². The number of ether oxygens (including phenoxy) is 1. The summed E-state index contributed by atoms with van der Waals surface area (Å²) >= 11 is 0. The Hall–Kier alpha value is -2.92. The van der Waals surface area contributed by atoms with Gasteiger partial charge in [0.05, 0.1) is 13.2 Å². The van der Waals surface area contributed by atoms with E-state index in [0.717, 1.165) is 68.8 Å². The van der Waals surface area contributed by atoms with Gasteiger partial charge in [-0.3, -0.25) is 0 Å². The molecule has 5 rings (SSSR count). The van der Waals surface area contributed by atoms with Crippen molar-refractivity contribution in [2.24, 2.45) is 0 Å². The normalized spacial score (nSPS) is 16.7. The molecule has 28 heavy (non-hydrogen) atoms. The fourth-order valence-corrected chi connectivity index (χ4v) is 3.95. The highest BCUT2D eigenvalue weighted by atomic mass is 16.5. The topological polar surface area (TPSA) is 41.5 Å². The molecule has 142 valence electrons.